The molecule has 0 atom stereocenters. The third-order valence-corrected chi connectivity index (χ3v) is 6.22. The fourth-order valence-electron chi connectivity index (χ4n) is 2.52. The first kappa shape index (κ1) is 13.3. The molecular formula is C14H16BrNO2S. The second-order valence-corrected chi connectivity index (χ2v) is 7.92. The lowest BCUT2D eigenvalue weighted by molar-refractivity contribution is 0.386. The highest BCUT2D eigenvalue weighted by Gasteiger charge is 2.29. The molecule has 2 aliphatic rings. The molecule has 0 spiro atoms. The zero-order chi connectivity index (χ0) is 13.5. The van der Waals surface area contributed by atoms with Crippen LogP contribution >= 0.6 is 15.9 Å². The summed E-state index contributed by atoms with van der Waals surface area (Å²) in [5.74, 6) is 0. The number of halogens is 1. The van der Waals surface area contributed by atoms with Crippen molar-refractivity contribution >= 4 is 26.0 Å². The smallest absolute Gasteiger partial charge is 0.207 e. The highest BCUT2D eigenvalue weighted by Crippen LogP contribution is 2.36. The Labute approximate surface area is 122 Å². The zero-order valence-electron chi connectivity index (χ0n) is 10.6. The molecular weight excluding hydrogens is 326 g/mol. The van der Waals surface area contributed by atoms with Crippen LogP contribution in [-0.4, -0.2) is 25.8 Å². The molecule has 1 aliphatic carbocycles. The van der Waals surface area contributed by atoms with Crippen LogP contribution in [0.3, 0.4) is 0 Å². The maximum Gasteiger partial charge on any atom is 0.243 e. The first-order chi connectivity index (χ1) is 9.07. The first-order valence-electron chi connectivity index (χ1n) is 6.53. The Hall–Kier alpha value is -0.650. The molecule has 3 nitrogen and oxygen atoms in total. The van der Waals surface area contributed by atoms with E-state index in [-0.39, 0.29) is 0 Å². The fourth-order valence-corrected chi connectivity index (χ4v) is 4.23. The van der Waals surface area contributed by atoms with Crippen LogP contribution in [0.5, 0.6) is 0 Å². The topological polar surface area (TPSA) is 37.4 Å². The van der Waals surface area contributed by atoms with Crippen LogP contribution in [0, 0.1) is 0 Å². The number of benzene rings is 1. The van der Waals surface area contributed by atoms with Gasteiger partial charge in [-0.1, -0.05) is 27.1 Å². The lowest BCUT2D eigenvalue weighted by Crippen LogP contribution is -2.36. The molecule has 0 N–H and O–H groups in total. The predicted molar refractivity (Wildman–Crippen MR) is 78.4 cm³/mol. The van der Waals surface area contributed by atoms with Crippen LogP contribution in [0.4, 0.5) is 0 Å². The SMILES string of the molecule is O=S(=O)(c1ccc(Br)cc1)N1CCC(=C2CC2)CC1. The first-order valence-corrected chi connectivity index (χ1v) is 8.76. The maximum absolute atomic E-state index is 12.5. The van der Waals surface area contributed by atoms with E-state index < -0.39 is 10.0 Å². The summed E-state index contributed by atoms with van der Waals surface area (Å²) in [4.78, 5) is 0.387. The Morgan fingerprint density at radius 2 is 1.42 bits per heavy atom. The Kier molecular flexibility index (Phi) is 3.53. The molecule has 1 aliphatic heterocycles. The molecule has 3 rings (SSSR count). The van der Waals surface area contributed by atoms with Crippen LogP contribution in [0.2, 0.25) is 0 Å². The quantitative estimate of drug-likeness (QED) is 0.773. The van der Waals surface area contributed by atoms with Crippen molar-refractivity contribution in [2.45, 2.75) is 30.6 Å². The fraction of sp³-hybridized carbons (Fsp3) is 0.429. The van der Waals surface area contributed by atoms with Crippen molar-refractivity contribution in [2.24, 2.45) is 0 Å². The summed E-state index contributed by atoms with van der Waals surface area (Å²) < 4.78 is 27.5. The van der Waals surface area contributed by atoms with E-state index in [9.17, 15) is 8.42 Å². The van der Waals surface area contributed by atoms with E-state index in [1.165, 1.54) is 18.4 Å². The van der Waals surface area contributed by atoms with Gasteiger partial charge in [0.1, 0.15) is 0 Å². The van der Waals surface area contributed by atoms with Gasteiger partial charge in [0.05, 0.1) is 4.90 Å². The zero-order valence-corrected chi connectivity index (χ0v) is 13.0. The van der Waals surface area contributed by atoms with Gasteiger partial charge in [0.2, 0.25) is 10.0 Å². The Bertz CT molecular complexity index is 603. The Balaban J connectivity index is 1.78. The van der Waals surface area contributed by atoms with Crippen molar-refractivity contribution in [3.05, 3.63) is 39.9 Å². The number of rotatable bonds is 2. The van der Waals surface area contributed by atoms with Gasteiger partial charge in [-0.2, -0.15) is 4.31 Å². The van der Waals surface area contributed by atoms with E-state index in [4.69, 9.17) is 0 Å². The van der Waals surface area contributed by atoms with Gasteiger partial charge in [0, 0.05) is 17.6 Å². The minimum atomic E-state index is -3.32. The second-order valence-electron chi connectivity index (χ2n) is 5.07. The minimum absolute atomic E-state index is 0.387. The number of sulfonamides is 1. The van der Waals surface area contributed by atoms with Gasteiger partial charge in [-0.15, -0.1) is 0 Å². The third-order valence-electron chi connectivity index (χ3n) is 3.78. The highest BCUT2D eigenvalue weighted by atomic mass is 79.9. The van der Waals surface area contributed by atoms with Gasteiger partial charge < -0.3 is 0 Å². The molecule has 19 heavy (non-hydrogen) atoms. The number of hydrogen-bond acceptors (Lipinski definition) is 2. The van der Waals surface area contributed by atoms with Crippen LogP contribution in [-0.2, 0) is 10.0 Å². The van der Waals surface area contributed by atoms with Crippen LogP contribution in [0.1, 0.15) is 25.7 Å². The molecule has 1 saturated carbocycles. The summed E-state index contributed by atoms with van der Waals surface area (Å²) in [6.07, 6.45) is 4.28. The van der Waals surface area contributed by atoms with Crippen LogP contribution in [0.25, 0.3) is 0 Å². The second kappa shape index (κ2) is 5.04. The van der Waals surface area contributed by atoms with Crippen molar-refractivity contribution in [3.63, 3.8) is 0 Å². The van der Waals surface area contributed by atoms with Gasteiger partial charge in [0.25, 0.3) is 0 Å². The average molecular weight is 342 g/mol. The van der Waals surface area contributed by atoms with Crippen molar-refractivity contribution in [3.8, 4) is 0 Å². The molecule has 0 bridgehead atoms. The van der Waals surface area contributed by atoms with Gasteiger partial charge >= 0.3 is 0 Å². The third kappa shape index (κ3) is 2.78. The normalized spacial score (nSPS) is 20.7. The van der Waals surface area contributed by atoms with Gasteiger partial charge in [-0.25, -0.2) is 8.42 Å². The van der Waals surface area contributed by atoms with E-state index >= 15 is 0 Å². The number of hydrogen-bond donors (Lipinski definition) is 0. The maximum atomic E-state index is 12.5. The molecule has 0 unspecified atom stereocenters. The summed E-state index contributed by atoms with van der Waals surface area (Å²) in [6.45, 7) is 1.24. The van der Waals surface area contributed by atoms with Crippen molar-refractivity contribution in [1.29, 1.82) is 0 Å². The van der Waals surface area contributed by atoms with E-state index in [0.29, 0.717) is 18.0 Å². The summed E-state index contributed by atoms with van der Waals surface area (Å²) in [5.41, 5.74) is 3.07. The van der Waals surface area contributed by atoms with E-state index in [2.05, 4.69) is 15.9 Å². The van der Waals surface area contributed by atoms with Crippen molar-refractivity contribution in [1.82, 2.24) is 4.31 Å². The minimum Gasteiger partial charge on any atom is -0.207 e. The van der Waals surface area contributed by atoms with E-state index in [1.54, 1.807) is 34.1 Å². The highest BCUT2D eigenvalue weighted by molar-refractivity contribution is 9.10. The number of allylic oxidation sites excluding steroid dienone is 1. The molecule has 1 aromatic rings. The molecule has 1 saturated heterocycles. The summed E-state index contributed by atoms with van der Waals surface area (Å²) in [6, 6.07) is 6.87. The standard InChI is InChI=1S/C14H16BrNO2S/c15-13-3-5-14(6-4-13)19(17,18)16-9-7-12(8-10-16)11-1-2-11/h3-6H,1-2,7-10H2. The van der Waals surface area contributed by atoms with Crippen LogP contribution < -0.4 is 0 Å². The van der Waals surface area contributed by atoms with E-state index in [1.807, 2.05) is 0 Å². The number of piperidine rings is 1. The average Bonchev–Trinajstić information content (AvgIpc) is 3.24. The largest absolute Gasteiger partial charge is 0.243 e. The van der Waals surface area contributed by atoms with Gasteiger partial charge in [-0.05, 0) is 49.9 Å². The van der Waals surface area contributed by atoms with Crippen LogP contribution in [0.15, 0.2) is 44.8 Å². The molecule has 0 aromatic heterocycles. The summed E-state index contributed by atoms with van der Waals surface area (Å²) >= 11 is 3.32. The monoisotopic (exact) mass is 341 g/mol. The summed E-state index contributed by atoms with van der Waals surface area (Å²) in [5, 5.41) is 0. The summed E-state index contributed by atoms with van der Waals surface area (Å²) in [7, 11) is -3.32. The van der Waals surface area contributed by atoms with E-state index in [0.717, 1.165) is 17.3 Å². The lowest BCUT2D eigenvalue weighted by atomic mass is 10.1. The molecule has 0 amide bonds. The Morgan fingerprint density at radius 3 is 1.95 bits per heavy atom. The molecule has 0 radical (unpaired) electrons. The molecule has 5 heteroatoms. The molecule has 102 valence electrons. The lowest BCUT2D eigenvalue weighted by Gasteiger charge is -2.27. The van der Waals surface area contributed by atoms with Crippen molar-refractivity contribution in [2.75, 3.05) is 13.1 Å². The number of nitrogens with zero attached hydrogens (tertiary/aromatic N) is 1. The molecule has 1 aromatic carbocycles. The Morgan fingerprint density at radius 1 is 0.895 bits per heavy atom. The van der Waals surface area contributed by atoms with Crippen molar-refractivity contribution < 1.29 is 8.42 Å². The molecule has 2 fully saturated rings. The predicted octanol–water partition coefficient (Wildman–Crippen LogP) is 3.32. The van der Waals surface area contributed by atoms with Gasteiger partial charge in [0.15, 0.2) is 0 Å². The van der Waals surface area contributed by atoms with Gasteiger partial charge in [-0.3, -0.25) is 0 Å². The molecule has 1 heterocycles.